The maximum absolute atomic E-state index is 12.4. The highest BCUT2D eigenvalue weighted by Crippen LogP contribution is 2.74. The first kappa shape index (κ1) is 10.8. The summed E-state index contributed by atoms with van der Waals surface area (Å²) < 4.78 is 0. The Morgan fingerprint density at radius 3 is 2.44 bits per heavy atom. The van der Waals surface area contributed by atoms with Gasteiger partial charge in [0.2, 0.25) is 0 Å². The molecular formula is C15H24O. The first-order valence-electron chi connectivity index (χ1n) is 6.84. The molecule has 3 aliphatic carbocycles. The van der Waals surface area contributed by atoms with E-state index in [1.807, 2.05) is 0 Å². The molecule has 0 amide bonds. The van der Waals surface area contributed by atoms with Gasteiger partial charge >= 0.3 is 0 Å². The molecule has 0 saturated heterocycles. The molecule has 0 N–H and O–H groups in total. The quantitative estimate of drug-likeness (QED) is 0.606. The lowest BCUT2D eigenvalue weighted by atomic mass is 9.49. The van der Waals surface area contributed by atoms with E-state index < -0.39 is 0 Å². The number of ketones is 1. The van der Waals surface area contributed by atoms with Crippen molar-refractivity contribution in [3.63, 3.8) is 0 Å². The van der Waals surface area contributed by atoms with Crippen LogP contribution in [0.1, 0.15) is 59.8 Å². The molecule has 0 heterocycles. The number of Topliss-reactive ketones (excluding diaryl/α,β-unsaturated/α-hetero) is 1. The Labute approximate surface area is 99.0 Å². The topological polar surface area (TPSA) is 17.1 Å². The van der Waals surface area contributed by atoms with Gasteiger partial charge in [0.1, 0.15) is 5.78 Å². The lowest BCUT2D eigenvalue weighted by molar-refractivity contribution is -0.146. The van der Waals surface area contributed by atoms with E-state index in [1.165, 1.54) is 19.3 Å². The molecule has 16 heavy (non-hydrogen) atoms. The fourth-order valence-corrected chi connectivity index (χ4v) is 5.48. The minimum atomic E-state index is 0.271. The molecule has 0 aliphatic heterocycles. The Morgan fingerprint density at radius 2 is 1.81 bits per heavy atom. The van der Waals surface area contributed by atoms with Crippen LogP contribution in [0.2, 0.25) is 0 Å². The number of hydrogen-bond donors (Lipinski definition) is 0. The summed E-state index contributed by atoms with van der Waals surface area (Å²) in [5.41, 5.74) is 1.01. The molecule has 3 atom stereocenters. The molecule has 0 aromatic rings. The third-order valence-electron chi connectivity index (χ3n) is 6.56. The minimum absolute atomic E-state index is 0.271. The second-order valence-electron chi connectivity index (χ2n) is 7.70. The van der Waals surface area contributed by atoms with Gasteiger partial charge in [-0.2, -0.15) is 0 Å². The van der Waals surface area contributed by atoms with Crippen molar-refractivity contribution in [2.24, 2.45) is 28.1 Å². The van der Waals surface area contributed by atoms with Crippen molar-refractivity contribution < 1.29 is 4.79 Å². The molecule has 0 radical (unpaired) electrons. The van der Waals surface area contributed by atoms with E-state index in [2.05, 4.69) is 27.7 Å². The van der Waals surface area contributed by atoms with Gasteiger partial charge in [0.05, 0.1) is 0 Å². The average molecular weight is 220 g/mol. The lowest BCUT2D eigenvalue weighted by Gasteiger charge is -2.54. The summed E-state index contributed by atoms with van der Waals surface area (Å²) in [6.45, 7) is 9.53. The predicted octanol–water partition coefficient (Wildman–Crippen LogP) is 3.82. The third kappa shape index (κ3) is 0.966. The summed E-state index contributed by atoms with van der Waals surface area (Å²) in [7, 11) is 0. The SMILES string of the molecule is CC1(C)C2CC[C@]3(C2)C1C(=O)CCC3(C)C. The number of fused-ring (bicyclic) bond motifs is 1. The van der Waals surface area contributed by atoms with Gasteiger partial charge in [-0.05, 0) is 47.8 Å². The second kappa shape index (κ2) is 2.73. The molecule has 1 spiro atoms. The molecule has 2 unspecified atom stereocenters. The van der Waals surface area contributed by atoms with Gasteiger partial charge in [-0.15, -0.1) is 0 Å². The van der Waals surface area contributed by atoms with Gasteiger partial charge in [-0.25, -0.2) is 0 Å². The van der Waals surface area contributed by atoms with Crippen molar-refractivity contribution in [3.05, 3.63) is 0 Å². The van der Waals surface area contributed by atoms with E-state index in [-0.39, 0.29) is 5.41 Å². The van der Waals surface area contributed by atoms with Crippen LogP contribution in [-0.2, 0) is 4.79 Å². The Kier molecular flexibility index (Phi) is 1.85. The standard InChI is InChI=1S/C15H24O/c1-13(2)7-6-11(16)12-14(3,4)10-5-8-15(12,13)9-10/h10,12H,5-9H2,1-4H3/t10?,12?,15-/m0/s1. The largest absolute Gasteiger partial charge is 0.299 e. The van der Waals surface area contributed by atoms with Crippen molar-refractivity contribution in [1.82, 2.24) is 0 Å². The monoisotopic (exact) mass is 220 g/mol. The van der Waals surface area contributed by atoms with E-state index in [4.69, 9.17) is 0 Å². The van der Waals surface area contributed by atoms with Gasteiger partial charge in [0, 0.05) is 12.3 Å². The van der Waals surface area contributed by atoms with Crippen LogP contribution >= 0.6 is 0 Å². The van der Waals surface area contributed by atoms with Gasteiger partial charge in [-0.3, -0.25) is 4.79 Å². The van der Waals surface area contributed by atoms with Crippen molar-refractivity contribution >= 4 is 5.78 Å². The molecule has 3 fully saturated rings. The molecule has 0 aromatic heterocycles. The van der Waals surface area contributed by atoms with Crippen LogP contribution < -0.4 is 0 Å². The van der Waals surface area contributed by atoms with E-state index in [0.717, 1.165) is 18.8 Å². The third-order valence-corrected chi connectivity index (χ3v) is 6.56. The molecule has 90 valence electrons. The van der Waals surface area contributed by atoms with Gasteiger partial charge in [0.25, 0.3) is 0 Å². The molecule has 3 rings (SSSR count). The Bertz CT molecular complexity index is 352. The average Bonchev–Trinajstić information content (AvgIpc) is 2.67. The fraction of sp³-hybridized carbons (Fsp3) is 0.933. The lowest BCUT2D eigenvalue weighted by Crippen LogP contribution is -2.52. The van der Waals surface area contributed by atoms with E-state index in [1.54, 1.807) is 0 Å². The van der Waals surface area contributed by atoms with Gasteiger partial charge < -0.3 is 0 Å². The molecule has 3 saturated carbocycles. The molecule has 0 aromatic carbocycles. The van der Waals surface area contributed by atoms with E-state index in [9.17, 15) is 4.79 Å². The first-order chi connectivity index (χ1) is 7.31. The summed E-state index contributed by atoms with van der Waals surface area (Å²) in [5.74, 6) is 1.74. The van der Waals surface area contributed by atoms with Crippen LogP contribution in [0, 0.1) is 28.1 Å². The number of carbonyl (C=O) groups is 1. The maximum atomic E-state index is 12.4. The number of rotatable bonds is 0. The molecule has 2 bridgehead atoms. The van der Waals surface area contributed by atoms with E-state index in [0.29, 0.717) is 22.5 Å². The normalized spacial score (nSPS) is 48.1. The number of hydrogen-bond acceptors (Lipinski definition) is 1. The highest BCUT2D eigenvalue weighted by Gasteiger charge is 2.69. The van der Waals surface area contributed by atoms with Gasteiger partial charge in [0.15, 0.2) is 0 Å². The van der Waals surface area contributed by atoms with Crippen molar-refractivity contribution in [2.75, 3.05) is 0 Å². The summed E-state index contributed by atoms with van der Waals surface area (Å²) in [6, 6.07) is 0. The van der Waals surface area contributed by atoms with Crippen molar-refractivity contribution in [1.29, 1.82) is 0 Å². The Balaban J connectivity index is 2.14. The van der Waals surface area contributed by atoms with Gasteiger partial charge in [-0.1, -0.05) is 27.7 Å². The van der Waals surface area contributed by atoms with Crippen LogP contribution in [0.15, 0.2) is 0 Å². The van der Waals surface area contributed by atoms with Crippen LogP contribution in [0.3, 0.4) is 0 Å². The molecule has 3 aliphatic rings. The Hall–Kier alpha value is -0.330. The minimum Gasteiger partial charge on any atom is -0.299 e. The highest BCUT2D eigenvalue weighted by atomic mass is 16.1. The molecular weight excluding hydrogens is 196 g/mol. The smallest absolute Gasteiger partial charge is 0.137 e. The summed E-state index contributed by atoms with van der Waals surface area (Å²) in [6.07, 6.45) is 5.94. The number of carbonyl (C=O) groups excluding carboxylic acids is 1. The van der Waals surface area contributed by atoms with Crippen molar-refractivity contribution in [2.45, 2.75) is 59.8 Å². The Morgan fingerprint density at radius 1 is 1.12 bits per heavy atom. The van der Waals surface area contributed by atoms with Crippen LogP contribution in [0.5, 0.6) is 0 Å². The zero-order valence-corrected chi connectivity index (χ0v) is 11.1. The van der Waals surface area contributed by atoms with Crippen LogP contribution in [-0.4, -0.2) is 5.78 Å². The highest BCUT2D eigenvalue weighted by molar-refractivity contribution is 5.84. The van der Waals surface area contributed by atoms with Crippen LogP contribution in [0.4, 0.5) is 0 Å². The molecule has 1 nitrogen and oxygen atoms in total. The first-order valence-corrected chi connectivity index (χ1v) is 6.84. The summed E-state index contributed by atoms with van der Waals surface area (Å²) in [5, 5.41) is 0. The second-order valence-corrected chi connectivity index (χ2v) is 7.70. The summed E-state index contributed by atoms with van der Waals surface area (Å²) >= 11 is 0. The van der Waals surface area contributed by atoms with Crippen LogP contribution in [0.25, 0.3) is 0 Å². The summed E-state index contributed by atoms with van der Waals surface area (Å²) in [4.78, 5) is 12.4. The predicted molar refractivity (Wildman–Crippen MR) is 65.1 cm³/mol. The van der Waals surface area contributed by atoms with E-state index >= 15 is 0 Å². The molecule has 1 heteroatoms. The zero-order chi connectivity index (χ0) is 11.8. The zero-order valence-electron chi connectivity index (χ0n) is 11.1. The maximum Gasteiger partial charge on any atom is 0.137 e. The fourth-order valence-electron chi connectivity index (χ4n) is 5.48. The van der Waals surface area contributed by atoms with Crippen molar-refractivity contribution in [3.8, 4) is 0 Å².